The van der Waals surface area contributed by atoms with Gasteiger partial charge in [-0.05, 0) is 7.05 Å². The Balaban J connectivity index is 2.32. The lowest BCUT2D eigenvalue weighted by atomic mass is 10.5. The summed E-state index contributed by atoms with van der Waals surface area (Å²) in [6, 6.07) is 0. The van der Waals surface area contributed by atoms with Crippen molar-refractivity contribution in [3.05, 3.63) is 11.1 Å². The molecule has 1 heterocycles. The molecule has 0 atom stereocenters. The molecule has 0 aliphatic heterocycles. The number of likely N-dealkylation sites (N-methyl/N-ethyl adjacent to an activating group) is 1. The van der Waals surface area contributed by atoms with Crippen molar-refractivity contribution in [1.82, 2.24) is 9.88 Å². The minimum absolute atomic E-state index is 0.236. The van der Waals surface area contributed by atoms with Gasteiger partial charge in [-0.3, -0.25) is 4.90 Å². The van der Waals surface area contributed by atoms with Crippen LogP contribution in [0.1, 0.15) is 9.67 Å². The van der Waals surface area contributed by atoms with Crippen molar-refractivity contribution < 1.29 is 9.90 Å². The van der Waals surface area contributed by atoms with E-state index in [0.717, 1.165) is 17.9 Å². The highest BCUT2D eigenvalue weighted by Gasteiger charge is 2.07. The molecule has 6 heteroatoms. The molecule has 0 aromatic carbocycles. The van der Waals surface area contributed by atoms with Gasteiger partial charge < -0.3 is 10.4 Å². The predicted octanol–water partition coefficient (Wildman–Crippen LogP) is 0.818. The first-order valence-corrected chi connectivity index (χ1v) is 5.50. The number of terminal acetylenes is 1. The van der Waals surface area contributed by atoms with Crippen LogP contribution in [0, 0.1) is 12.3 Å². The van der Waals surface area contributed by atoms with E-state index < -0.39 is 5.97 Å². The zero-order chi connectivity index (χ0) is 12.0. The van der Waals surface area contributed by atoms with Crippen molar-refractivity contribution in [2.24, 2.45) is 0 Å². The molecule has 1 aromatic heterocycles. The van der Waals surface area contributed by atoms with E-state index in [1.807, 2.05) is 11.9 Å². The van der Waals surface area contributed by atoms with E-state index in [4.69, 9.17) is 11.5 Å². The summed E-state index contributed by atoms with van der Waals surface area (Å²) in [7, 11) is 1.92. The van der Waals surface area contributed by atoms with Crippen molar-refractivity contribution >= 4 is 22.4 Å². The highest BCUT2D eigenvalue weighted by Crippen LogP contribution is 2.17. The Morgan fingerprint density at radius 2 is 2.56 bits per heavy atom. The molecular weight excluding hydrogens is 226 g/mol. The number of anilines is 1. The number of aromatic carboxylic acids is 1. The minimum atomic E-state index is -0.949. The highest BCUT2D eigenvalue weighted by atomic mass is 32.1. The van der Waals surface area contributed by atoms with Crippen molar-refractivity contribution in [3.8, 4) is 12.3 Å². The second-order valence-electron chi connectivity index (χ2n) is 3.20. The van der Waals surface area contributed by atoms with Gasteiger partial charge in [0.1, 0.15) is 4.88 Å². The summed E-state index contributed by atoms with van der Waals surface area (Å²) in [5.74, 6) is 1.59. The zero-order valence-corrected chi connectivity index (χ0v) is 9.75. The van der Waals surface area contributed by atoms with Gasteiger partial charge in [0, 0.05) is 13.1 Å². The lowest BCUT2D eigenvalue weighted by molar-refractivity contribution is 0.0702. The molecule has 0 unspecified atom stereocenters. The van der Waals surface area contributed by atoms with Crippen LogP contribution in [-0.2, 0) is 0 Å². The molecule has 1 aromatic rings. The summed E-state index contributed by atoms with van der Waals surface area (Å²) >= 11 is 1.13. The first-order valence-electron chi connectivity index (χ1n) is 4.68. The molecule has 0 bridgehead atoms. The number of carbonyl (C=O) groups is 1. The fourth-order valence-corrected chi connectivity index (χ4v) is 1.72. The van der Waals surface area contributed by atoms with Gasteiger partial charge >= 0.3 is 5.97 Å². The van der Waals surface area contributed by atoms with Gasteiger partial charge in [-0.15, -0.1) is 6.42 Å². The molecule has 1 rings (SSSR count). The van der Waals surface area contributed by atoms with E-state index in [-0.39, 0.29) is 4.88 Å². The fraction of sp³-hybridized carbons (Fsp3) is 0.400. The van der Waals surface area contributed by atoms with Crippen LogP contribution in [-0.4, -0.2) is 47.6 Å². The maximum absolute atomic E-state index is 10.6. The number of carboxylic acids is 1. The van der Waals surface area contributed by atoms with Crippen LogP contribution in [0.5, 0.6) is 0 Å². The summed E-state index contributed by atoms with van der Waals surface area (Å²) < 4.78 is 0. The maximum atomic E-state index is 10.6. The molecule has 0 saturated carbocycles. The van der Waals surface area contributed by atoms with Crippen LogP contribution in [0.15, 0.2) is 6.20 Å². The smallest absolute Gasteiger partial charge is 0.347 e. The third-order valence-corrected chi connectivity index (χ3v) is 2.79. The fourth-order valence-electron chi connectivity index (χ4n) is 1.04. The van der Waals surface area contributed by atoms with Crippen molar-refractivity contribution in [3.63, 3.8) is 0 Å². The number of rotatable bonds is 6. The topological polar surface area (TPSA) is 65.5 Å². The standard InChI is InChI=1S/C10H13N3O2S/c1-3-5-13(2)6-4-11-10-12-7-8(16-10)9(14)15/h1,7H,4-6H2,2H3,(H,11,12)(H,14,15). The van der Waals surface area contributed by atoms with Gasteiger partial charge in [0.2, 0.25) is 0 Å². The molecule has 2 N–H and O–H groups in total. The Kier molecular flexibility index (Phi) is 4.76. The quantitative estimate of drug-likeness (QED) is 0.719. The van der Waals surface area contributed by atoms with E-state index in [0.29, 0.717) is 18.2 Å². The van der Waals surface area contributed by atoms with Crippen molar-refractivity contribution in [1.29, 1.82) is 0 Å². The van der Waals surface area contributed by atoms with Gasteiger partial charge in [-0.2, -0.15) is 0 Å². The van der Waals surface area contributed by atoms with Gasteiger partial charge in [0.25, 0.3) is 0 Å². The molecule has 0 saturated heterocycles. The van der Waals surface area contributed by atoms with Crippen LogP contribution in [0.25, 0.3) is 0 Å². The van der Waals surface area contributed by atoms with Gasteiger partial charge in [-0.25, -0.2) is 9.78 Å². The number of nitrogens with one attached hydrogen (secondary N) is 1. The normalized spacial score (nSPS) is 10.1. The Hall–Kier alpha value is -1.58. The average molecular weight is 239 g/mol. The van der Waals surface area contributed by atoms with Crippen LogP contribution in [0.3, 0.4) is 0 Å². The Morgan fingerprint density at radius 1 is 1.81 bits per heavy atom. The lowest BCUT2D eigenvalue weighted by Gasteiger charge is -2.12. The van der Waals surface area contributed by atoms with E-state index >= 15 is 0 Å². The van der Waals surface area contributed by atoms with Crippen LogP contribution < -0.4 is 5.32 Å². The number of nitrogens with zero attached hydrogens (tertiary/aromatic N) is 2. The van der Waals surface area contributed by atoms with Gasteiger partial charge in [-0.1, -0.05) is 17.3 Å². The Morgan fingerprint density at radius 3 is 3.12 bits per heavy atom. The van der Waals surface area contributed by atoms with E-state index in [1.54, 1.807) is 0 Å². The van der Waals surface area contributed by atoms with Gasteiger partial charge in [0.05, 0.1) is 12.7 Å². The van der Waals surface area contributed by atoms with Crippen molar-refractivity contribution in [2.75, 3.05) is 32.0 Å². The molecule has 86 valence electrons. The Labute approximate surface area is 98.1 Å². The average Bonchev–Trinajstić information content (AvgIpc) is 2.67. The lowest BCUT2D eigenvalue weighted by Crippen LogP contribution is -2.25. The van der Waals surface area contributed by atoms with Crippen LogP contribution in [0.2, 0.25) is 0 Å². The molecule has 0 radical (unpaired) electrons. The number of hydrogen-bond acceptors (Lipinski definition) is 5. The number of thiazole rings is 1. The van der Waals surface area contributed by atoms with Crippen LogP contribution in [0.4, 0.5) is 5.13 Å². The first-order chi connectivity index (χ1) is 7.63. The number of hydrogen-bond donors (Lipinski definition) is 2. The monoisotopic (exact) mass is 239 g/mol. The summed E-state index contributed by atoms with van der Waals surface area (Å²) in [5.41, 5.74) is 0. The predicted molar refractivity (Wildman–Crippen MR) is 63.9 cm³/mol. The largest absolute Gasteiger partial charge is 0.477 e. The molecule has 0 spiro atoms. The molecule has 0 aliphatic rings. The molecular formula is C10H13N3O2S. The number of carboxylic acid groups (broad SMARTS) is 1. The number of aromatic nitrogens is 1. The molecule has 0 aliphatic carbocycles. The molecule has 0 amide bonds. The molecule has 5 nitrogen and oxygen atoms in total. The third-order valence-electron chi connectivity index (χ3n) is 1.85. The molecule has 16 heavy (non-hydrogen) atoms. The SMILES string of the molecule is C#CCN(C)CCNc1ncc(C(=O)O)s1. The highest BCUT2D eigenvalue weighted by molar-refractivity contribution is 7.17. The molecule has 0 fully saturated rings. The van der Waals surface area contributed by atoms with E-state index in [1.165, 1.54) is 6.20 Å². The summed E-state index contributed by atoms with van der Waals surface area (Å²) in [6.45, 7) is 2.07. The van der Waals surface area contributed by atoms with Gasteiger partial charge in [0.15, 0.2) is 5.13 Å². The summed E-state index contributed by atoms with van der Waals surface area (Å²) in [4.78, 5) is 16.8. The third kappa shape index (κ3) is 3.88. The van der Waals surface area contributed by atoms with E-state index in [2.05, 4.69) is 16.2 Å². The minimum Gasteiger partial charge on any atom is -0.477 e. The van der Waals surface area contributed by atoms with E-state index in [9.17, 15) is 4.79 Å². The van der Waals surface area contributed by atoms with Crippen molar-refractivity contribution in [2.45, 2.75) is 0 Å². The maximum Gasteiger partial charge on any atom is 0.347 e. The summed E-state index contributed by atoms with van der Waals surface area (Å²) in [5, 5.41) is 12.4. The Bertz CT molecular complexity index is 397. The summed E-state index contributed by atoms with van der Waals surface area (Å²) in [6.07, 6.45) is 6.51. The second-order valence-corrected chi connectivity index (χ2v) is 4.23. The second kappa shape index (κ2) is 6.10. The zero-order valence-electron chi connectivity index (χ0n) is 8.93. The first kappa shape index (κ1) is 12.5. The van der Waals surface area contributed by atoms with Crippen LogP contribution >= 0.6 is 11.3 Å².